The molecule has 38 heavy (non-hydrogen) atoms. The summed E-state index contributed by atoms with van der Waals surface area (Å²) in [6.07, 6.45) is 7.85. The number of nitrogens with zero attached hydrogens (tertiary/aromatic N) is 5. The number of allylic oxidation sites excluding steroid dienone is 2. The molecule has 0 bridgehead atoms. The van der Waals surface area contributed by atoms with E-state index in [1.165, 1.54) is 11.1 Å². The number of rotatable bonds is 10. The van der Waals surface area contributed by atoms with Gasteiger partial charge < -0.3 is 9.64 Å². The number of hydrogen-bond acceptors (Lipinski definition) is 8. The molecule has 10 nitrogen and oxygen atoms in total. The van der Waals surface area contributed by atoms with Crippen LogP contribution in [0.1, 0.15) is 23.6 Å². The number of carbonyl (C=O) groups is 1. The summed E-state index contributed by atoms with van der Waals surface area (Å²) in [4.78, 5) is 17.8. The number of nitrogens with one attached hydrogen (secondary N) is 2. The van der Waals surface area contributed by atoms with Crippen LogP contribution in [0, 0.1) is 5.92 Å². The molecule has 2 aromatic carbocycles. The van der Waals surface area contributed by atoms with Crippen LogP contribution in [0.3, 0.4) is 0 Å². The molecule has 0 saturated carbocycles. The molecule has 1 saturated heterocycles. The van der Waals surface area contributed by atoms with Crippen LogP contribution in [-0.2, 0) is 9.53 Å². The first-order chi connectivity index (χ1) is 18.6. The Bertz CT molecular complexity index is 1170. The van der Waals surface area contributed by atoms with Gasteiger partial charge in [0.15, 0.2) is 5.72 Å². The molecule has 1 aliphatic carbocycles. The molecule has 3 aromatic rings. The Morgan fingerprint density at radius 2 is 1.74 bits per heavy atom. The summed E-state index contributed by atoms with van der Waals surface area (Å²) in [6, 6.07) is 21.7. The maximum atomic E-state index is 12.8. The van der Waals surface area contributed by atoms with E-state index < -0.39 is 11.6 Å². The molecule has 2 aliphatic rings. The lowest BCUT2D eigenvalue weighted by Gasteiger charge is -2.40. The second kappa shape index (κ2) is 12.2. The van der Waals surface area contributed by atoms with Crippen molar-refractivity contribution in [1.82, 2.24) is 30.4 Å². The molecule has 2 atom stereocenters. The number of ether oxygens (including phenoxy) is 1. The first-order valence-corrected chi connectivity index (χ1v) is 13.0. The van der Waals surface area contributed by atoms with E-state index in [-0.39, 0.29) is 17.9 Å². The SMILES string of the molecule is NC1(OCCCN2CCN(C(c3ccccc3)c3ccccc3)CC2)C=CC=CC1C(=O)Nc1nn[nH]n1. The van der Waals surface area contributed by atoms with Crippen molar-refractivity contribution in [3.63, 3.8) is 0 Å². The maximum Gasteiger partial charge on any atom is 0.269 e. The number of aromatic nitrogens is 4. The molecule has 0 spiro atoms. The predicted octanol–water partition coefficient (Wildman–Crippen LogP) is 2.35. The molecule has 0 radical (unpaired) electrons. The van der Waals surface area contributed by atoms with Gasteiger partial charge in [-0.25, -0.2) is 0 Å². The Morgan fingerprint density at radius 3 is 2.37 bits per heavy atom. The van der Waals surface area contributed by atoms with Gasteiger partial charge >= 0.3 is 0 Å². The van der Waals surface area contributed by atoms with Gasteiger partial charge in [0.05, 0.1) is 12.6 Å². The number of tetrazole rings is 1. The summed E-state index contributed by atoms with van der Waals surface area (Å²) in [6.45, 7) is 5.30. The van der Waals surface area contributed by atoms with E-state index in [1.54, 1.807) is 24.3 Å². The molecular formula is C28H34N8O2. The summed E-state index contributed by atoms with van der Waals surface area (Å²) >= 11 is 0. The van der Waals surface area contributed by atoms with E-state index in [1.807, 2.05) is 0 Å². The molecule has 2 unspecified atom stereocenters. The number of H-pyrrole nitrogens is 1. The Morgan fingerprint density at radius 1 is 1.05 bits per heavy atom. The quantitative estimate of drug-likeness (QED) is 0.278. The third kappa shape index (κ3) is 6.22. The van der Waals surface area contributed by atoms with E-state index in [0.29, 0.717) is 6.61 Å². The third-order valence-electron chi connectivity index (χ3n) is 7.09. The second-order valence-corrected chi connectivity index (χ2v) is 9.60. The van der Waals surface area contributed by atoms with Crippen molar-refractivity contribution < 1.29 is 9.53 Å². The summed E-state index contributed by atoms with van der Waals surface area (Å²) < 4.78 is 6.07. The number of carbonyl (C=O) groups excluding carboxylic acids is 1. The van der Waals surface area contributed by atoms with Gasteiger partial charge in [0.2, 0.25) is 5.91 Å². The first kappa shape index (κ1) is 25.9. The number of aromatic amines is 1. The smallest absolute Gasteiger partial charge is 0.269 e. The highest BCUT2D eigenvalue weighted by Crippen LogP contribution is 2.29. The minimum atomic E-state index is -1.24. The lowest BCUT2D eigenvalue weighted by atomic mass is 9.90. The molecule has 1 amide bonds. The van der Waals surface area contributed by atoms with Gasteiger partial charge in [-0.1, -0.05) is 84.0 Å². The molecular weight excluding hydrogens is 480 g/mol. The van der Waals surface area contributed by atoms with Crippen molar-refractivity contribution in [2.45, 2.75) is 18.2 Å². The highest BCUT2D eigenvalue weighted by Gasteiger charge is 2.39. The van der Waals surface area contributed by atoms with Gasteiger partial charge in [0.25, 0.3) is 5.95 Å². The topological polar surface area (TPSA) is 125 Å². The zero-order valence-corrected chi connectivity index (χ0v) is 21.3. The Kier molecular flexibility index (Phi) is 8.34. The van der Waals surface area contributed by atoms with Gasteiger partial charge in [-0.2, -0.15) is 5.21 Å². The predicted molar refractivity (Wildman–Crippen MR) is 145 cm³/mol. The van der Waals surface area contributed by atoms with Crippen molar-refractivity contribution in [3.8, 4) is 0 Å². The summed E-state index contributed by atoms with van der Waals surface area (Å²) in [5, 5.41) is 15.9. The van der Waals surface area contributed by atoms with Crippen LogP contribution in [0.25, 0.3) is 0 Å². The van der Waals surface area contributed by atoms with Crippen molar-refractivity contribution in [2.24, 2.45) is 11.7 Å². The first-order valence-electron chi connectivity index (χ1n) is 13.0. The van der Waals surface area contributed by atoms with Crippen molar-refractivity contribution in [1.29, 1.82) is 0 Å². The Balaban J connectivity index is 1.11. The Hall–Kier alpha value is -3.70. The van der Waals surface area contributed by atoms with Crippen molar-refractivity contribution in [2.75, 3.05) is 44.6 Å². The fourth-order valence-corrected chi connectivity index (χ4v) is 5.14. The van der Waals surface area contributed by atoms with E-state index >= 15 is 0 Å². The minimum Gasteiger partial charge on any atom is -0.356 e. The van der Waals surface area contributed by atoms with Crippen LogP contribution < -0.4 is 11.1 Å². The molecule has 1 aromatic heterocycles. The van der Waals surface area contributed by atoms with Crippen LogP contribution in [0.2, 0.25) is 0 Å². The molecule has 2 heterocycles. The molecule has 10 heteroatoms. The molecule has 4 N–H and O–H groups in total. The largest absolute Gasteiger partial charge is 0.356 e. The lowest BCUT2D eigenvalue weighted by Crippen LogP contribution is -2.53. The monoisotopic (exact) mass is 514 g/mol. The number of benzene rings is 2. The lowest BCUT2D eigenvalue weighted by molar-refractivity contribution is -0.127. The van der Waals surface area contributed by atoms with Gasteiger partial charge in [0.1, 0.15) is 5.92 Å². The van der Waals surface area contributed by atoms with Crippen molar-refractivity contribution in [3.05, 3.63) is 96.1 Å². The third-order valence-corrected chi connectivity index (χ3v) is 7.09. The number of nitrogens with two attached hydrogens (primary N) is 1. The standard InChI is InChI=1S/C28H34N8O2/c29-28(15-8-7-14-24(28)26(37)30-27-31-33-34-32-27)38-21-9-16-35-17-19-36(20-18-35)25(22-10-3-1-4-11-22)23-12-5-2-6-13-23/h1-8,10-15,24-25H,9,16-21,29H2,(H2,30,31,32,33,34,37). The summed E-state index contributed by atoms with van der Waals surface area (Å²) in [5.41, 5.74) is 7.91. The number of hydrogen-bond donors (Lipinski definition) is 3. The number of piperazine rings is 1. The zero-order valence-electron chi connectivity index (χ0n) is 21.3. The zero-order chi connectivity index (χ0) is 26.2. The van der Waals surface area contributed by atoms with Crippen LogP contribution in [0.15, 0.2) is 85.0 Å². The van der Waals surface area contributed by atoms with Crippen LogP contribution in [0.4, 0.5) is 5.95 Å². The van der Waals surface area contributed by atoms with Gasteiger partial charge in [-0.3, -0.25) is 20.7 Å². The van der Waals surface area contributed by atoms with E-state index in [2.05, 4.69) is 96.4 Å². The average molecular weight is 515 g/mol. The normalized spacial score (nSPS) is 22.1. The second-order valence-electron chi connectivity index (χ2n) is 9.60. The van der Waals surface area contributed by atoms with Gasteiger partial charge in [-0.15, -0.1) is 5.10 Å². The molecule has 1 aliphatic heterocycles. The molecule has 5 rings (SSSR count). The van der Waals surface area contributed by atoms with E-state index in [0.717, 1.165) is 39.1 Å². The Labute approximate surface area is 222 Å². The molecule has 198 valence electrons. The van der Waals surface area contributed by atoms with Gasteiger partial charge in [-0.05, 0) is 28.8 Å². The minimum absolute atomic E-state index is 0.0983. The maximum absolute atomic E-state index is 12.8. The van der Waals surface area contributed by atoms with Gasteiger partial charge in [0, 0.05) is 32.7 Å². The van der Waals surface area contributed by atoms with Crippen LogP contribution >= 0.6 is 0 Å². The van der Waals surface area contributed by atoms with E-state index in [4.69, 9.17) is 10.5 Å². The average Bonchev–Trinajstić information content (AvgIpc) is 3.46. The number of anilines is 1. The van der Waals surface area contributed by atoms with Crippen LogP contribution in [-0.4, -0.2) is 81.4 Å². The van der Waals surface area contributed by atoms with Crippen molar-refractivity contribution >= 4 is 11.9 Å². The highest BCUT2D eigenvalue weighted by atomic mass is 16.5. The fraction of sp³-hybridized carbons (Fsp3) is 0.357. The highest BCUT2D eigenvalue weighted by molar-refractivity contribution is 5.93. The molecule has 1 fully saturated rings. The summed E-state index contributed by atoms with van der Waals surface area (Å²) in [5.74, 6) is -0.958. The van der Waals surface area contributed by atoms with Crippen LogP contribution in [0.5, 0.6) is 0 Å². The van der Waals surface area contributed by atoms with E-state index in [9.17, 15) is 4.79 Å². The number of amides is 1. The summed E-state index contributed by atoms with van der Waals surface area (Å²) in [7, 11) is 0. The fourth-order valence-electron chi connectivity index (χ4n) is 5.14.